The van der Waals surface area contributed by atoms with E-state index < -0.39 is 0 Å². The number of hydrogen-bond donors (Lipinski definition) is 1. The van der Waals surface area contributed by atoms with Gasteiger partial charge in [0.2, 0.25) is 0 Å². The number of thiocarbonyl (C=S) groups is 1. The molecule has 1 heterocycles. The first kappa shape index (κ1) is 16.9. The Morgan fingerprint density at radius 1 is 1.12 bits per heavy atom. The Morgan fingerprint density at radius 2 is 1.79 bits per heavy atom. The fourth-order valence-electron chi connectivity index (χ4n) is 2.74. The highest BCUT2D eigenvalue weighted by atomic mass is 32.1. The van der Waals surface area contributed by atoms with Gasteiger partial charge in [-0.2, -0.15) is 0 Å². The Labute approximate surface area is 147 Å². The number of ether oxygens (including phenoxy) is 1. The zero-order valence-corrected chi connectivity index (χ0v) is 14.6. The van der Waals surface area contributed by atoms with Crippen molar-refractivity contribution in [1.82, 2.24) is 4.90 Å². The van der Waals surface area contributed by atoms with E-state index >= 15 is 0 Å². The lowest BCUT2D eigenvalue weighted by atomic mass is 10.2. The molecule has 24 heavy (non-hydrogen) atoms. The fraction of sp³-hybridized carbons (Fsp3) is 0.316. The van der Waals surface area contributed by atoms with Crippen LogP contribution in [0.2, 0.25) is 0 Å². The second kappa shape index (κ2) is 7.73. The van der Waals surface area contributed by atoms with Gasteiger partial charge in [-0.1, -0.05) is 30.4 Å². The maximum absolute atomic E-state index is 13.6. The van der Waals surface area contributed by atoms with Gasteiger partial charge in [-0.05, 0) is 30.3 Å². The predicted octanol–water partition coefficient (Wildman–Crippen LogP) is 1.91. The van der Waals surface area contributed by atoms with Gasteiger partial charge in [0.1, 0.15) is 23.2 Å². The van der Waals surface area contributed by atoms with Crippen LogP contribution in [0, 0.1) is 5.82 Å². The quantitative estimate of drug-likeness (QED) is 0.853. The van der Waals surface area contributed by atoms with Crippen molar-refractivity contribution in [3.63, 3.8) is 0 Å². The molecule has 1 aliphatic rings. The number of nitrogens with zero attached hydrogens (tertiary/aromatic N) is 1. The highest BCUT2D eigenvalue weighted by molar-refractivity contribution is 7.80. The summed E-state index contributed by atoms with van der Waals surface area (Å²) in [6.45, 7) is 4.44. The van der Waals surface area contributed by atoms with Crippen LogP contribution in [0.25, 0.3) is 0 Å². The molecule has 1 aliphatic heterocycles. The summed E-state index contributed by atoms with van der Waals surface area (Å²) in [5, 5.41) is 0. The van der Waals surface area contributed by atoms with Crippen molar-refractivity contribution in [3.05, 3.63) is 65.5 Å². The van der Waals surface area contributed by atoms with Crippen molar-refractivity contribution >= 4 is 17.2 Å². The normalized spacial score (nSPS) is 15.3. The van der Waals surface area contributed by atoms with Crippen molar-refractivity contribution in [2.45, 2.75) is 6.61 Å². The first-order valence-corrected chi connectivity index (χ1v) is 8.61. The van der Waals surface area contributed by atoms with Gasteiger partial charge in [-0.25, -0.2) is 4.39 Å². The summed E-state index contributed by atoms with van der Waals surface area (Å²) >= 11 is 5.61. The Kier molecular flexibility index (Phi) is 5.43. The molecule has 3 nitrogen and oxygen atoms in total. The second-order valence-corrected chi connectivity index (χ2v) is 6.54. The molecule has 0 saturated carbocycles. The number of piperazine rings is 1. The van der Waals surface area contributed by atoms with Gasteiger partial charge in [-0.15, -0.1) is 0 Å². The van der Waals surface area contributed by atoms with E-state index in [9.17, 15) is 4.39 Å². The standard InChI is InChI=1S/C19H21FN2OS/c1-21-10-12-22(13-11-21)19(24)15-6-8-17(9-7-15)23-14-16-4-2-3-5-18(16)20/h2-9H,10-14H2,1H3/p+1. The SMILES string of the molecule is C[NH+]1CCN(C(=S)c2ccc(OCc3ccccc3F)cc2)CC1. The number of halogens is 1. The molecule has 2 aromatic carbocycles. The van der Waals surface area contributed by atoms with Gasteiger partial charge in [0.15, 0.2) is 0 Å². The molecule has 5 heteroatoms. The molecule has 0 aromatic heterocycles. The van der Waals surface area contributed by atoms with Gasteiger partial charge in [0.05, 0.1) is 33.2 Å². The van der Waals surface area contributed by atoms with Gasteiger partial charge in [-0.3, -0.25) is 0 Å². The van der Waals surface area contributed by atoms with Crippen LogP contribution < -0.4 is 9.64 Å². The molecule has 0 spiro atoms. The largest absolute Gasteiger partial charge is 0.489 e. The van der Waals surface area contributed by atoms with Crippen molar-refractivity contribution in [2.75, 3.05) is 33.2 Å². The third kappa shape index (κ3) is 4.10. The molecule has 1 fully saturated rings. The Morgan fingerprint density at radius 3 is 2.46 bits per heavy atom. The van der Waals surface area contributed by atoms with Crippen molar-refractivity contribution in [2.24, 2.45) is 0 Å². The summed E-state index contributed by atoms with van der Waals surface area (Å²) in [7, 11) is 2.21. The van der Waals surface area contributed by atoms with Crippen LogP contribution in [0.3, 0.4) is 0 Å². The van der Waals surface area contributed by atoms with Crippen LogP contribution in [0.15, 0.2) is 48.5 Å². The van der Waals surface area contributed by atoms with Crippen LogP contribution in [0.4, 0.5) is 4.39 Å². The van der Waals surface area contributed by atoms with Crippen LogP contribution >= 0.6 is 12.2 Å². The van der Waals surface area contributed by atoms with E-state index in [1.54, 1.807) is 23.1 Å². The van der Waals surface area contributed by atoms with Crippen molar-refractivity contribution in [1.29, 1.82) is 0 Å². The summed E-state index contributed by atoms with van der Waals surface area (Å²) < 4.78 is 19.3. The topological polar surface area (TPSA) is 16.9 Å². The summed E-state index contributed by atoms with van der Waals surface area (Å²) in [6.07, 6.45) is 0. The van der Waals surface area contributed by atoms with E-state index in [0.29, 0.717) is 11.3 Å². The molecular weight excluding hydrogens is 323 g/mol. The summed E-state index contributed by atoms with van der Waals surface area (Å²) in [6, 6.07) is 14.4. The molecule has 0 bridgehead atoms. The zero-order valence-electron chi connectivity index (χ0n) is 13.8. The number of benzene rings is 2. The molecule has 1 saturated heterocycles. The molecular formula is C19H22FN2OS+. The minimum Gasteiger partial charge on any atom is -0.489 e. The van der Waals surface area contributed by atoms with Gasteiger partial charge >= 0.3 is 0 Å². The monoisotopic (exact) mass is 345 g/mol. The number of rotatable bonds is 4. The van der Waals surface area contributed by atoms with Gasteiger partial charge in [0, 0.05) is 11.1 Å². The Bertz CT molecular complexity index is 697. The van der Waals surface area contributed by atoms with Gasteiger partial charge in [0.25, 0.3) is 0 Å². The Hall–Kier alpha value is -1.98. The third-order valence-electron chi connectivity index (χ3n) is 4.36. The van der Waals surface area contributed by atoms with E-state index in [1.807, 2.05) is 24.3 Å². The zero-order chi connectivity index (χ0) is 16.9. The van der Waals surface area contributed by atoms with Crippen molar-refractivity contribution < 1.29 is 14.0 Å². The second-order valence-electron chi connectivity index (χ2n) is 6.15. The first-order valence-electron chi connectivity index (χ1n) is 8.20. The van der Waals surface area contributed by atoms with Crippen LogP contribution in [0.1, 0.15) is 11.1 Å². The van der Waals surface area contributed by atoms with Crippen molar-refractivity contribution in [3.8, 4) is 5.75 Å². The molecule has 126 valence electrons. The molecule has 0 aliphatic carbocycles. The molecule has 0 atom stereocenters. The van der Waals surface area contributed by atoms with E-state index in [4.69, 9.17) is 17.0 Å². The average Bonchev–Trinajstić information content (AvgIpc) is 2.62. The molecule has 0 amide bonds. The van der Waals surface area contributed by atoms with E-state index in [1.165, 1.54) is 6.07 Å². The smallest absolute Gasteiger partial charge is 0.129 e. The van der Waals surface area contributed by atoms with Crippen LogP contribution in [-0.2, 0) is 6.61 Å². The average molecular weight is 345 g/mol. The lowest BCUT2D eigenvalue weighted by molar-refractivity contribution is -0.883. The molecule has 2 aromatic rings. The summed E-state index contributed by atoms with van der Waals surface area (Å²) in [5.74, 6) is 0.472. The predicted molar refractivity (Wildman–Crippen MR) is 97.1 cm³/mol. The maximum Gasteiger partial charge on any atom is 0.129 e. The minimum atomic E-state index is -0.243. The lowest BCUT2D eigenvalue weighted by Gasteiger charge is -2.32. The number of quaternary nitrogens is 1. The highest BCUT2D eigenvalue weighted by Gasteiger charge is 2.19. The molecule has 1 N–H and O–H groups in total. The lowest BCUT2D eigenvalue weighted by Crippen LogP contribution is -3.12. The summed E-state index contributed by atoms with van der Waals surface area (Å²) in [5.41, 5.74) is 1.58. The molecule has 3 rings (SSSR count). The van der Waals surface area contributed by atoms with Gasteiger partial charge < -0.3 is 14.5 Å². The highest BCUT2D eigenvalue weighted by Crippen LogP contribution is 2.17. The van der Waals surface area contributed by atoms with E-state index in [0.717, 1.165) is 36.7 Å². The Balaban J connectivity index is 1.59. The van der Waals surface area contributed by atoms with E-state index in [2.05, 4.69) is 11.9 Å². The fourth-order valence-corrected chi connectivity index (χ4v) is 3.06. The van der Waals surface area contributed by atoms with Crippen LogP contribution in [0.5, 0.6) is 5.75 Å². The van der Waals surface area contributed by atoms with E-state index in [-0.39, 0.29) is 12.4 Å². The van der Waals surface area contributed by atoms with Crippen LogP contribution in [-0.4, -0.2) is 43.1 Å². The number of nitrogens with one attached hydrogen (secondary N) is 1. The minimum absolute atomic E-state index is 0.220. The summed E-state index contributed by atoms with van der Waals surface area (Å²) in [4.78, 5) is 4.70. The number of likely N-dealkylation sites (N-methyl/N-ethyl adjacent to an activating group) is 1. The molecule has 0 unspecified atom stereocenters. The third-order valence-corrected chi connectivity index (χ3v) is 4.85. The first-order chi connectivity index (χ1) is 11.6. The number of hydrogen-bond acceptors (Lipinski definition) is 2. The molecule has 0 radical (unpaired) electrons. The maximum atomic E-state index is 13.6.